The van der Waals surface area contributed by atoms with Gasteiger partial charge in [0, 0.05) is 44.1 Å². The number of nitrogens with zero attached hydrogens (tertiary/aromatic N) is 2. The second-order valence-corrected chi connectivity index (χ2v) is 8.77. The lowest BCUT2D eigenvalue weighted by Crippen LogP contribution is -2.45. The van der Waals surface area contributed by atoms with Gasteiger partial charge in [-0.05, 0) is 60.6 Å². The van der Waals surface area contributed by atoms with E-state index >= 15 is 0 Å². The molecule has 1 aliphatic rings. The van der Waals surface area contributed by atoms with Crippen LogP contribution in [-0.4, -0.2) is 49.2 Å². The lowest BCUT2D eigenvalue weighted by molar-refractivity contribution is 0.0974. The fourth-order valence-electron chi connectivity index (χ4n) is 4.20. The number of carbonyl (C=O) groups is 1. The number of para-hydroxylation sites is 1. The molecule has 176 valence electrons. The molecule has 1 saturated heterocycles. The van der Waals surface area contributed by atoms with Crippen molar-refractivity contribution >= 4 is 34.6 Å². The van der Waals surface area contributed by atoms with Gasteiger partial charge < -0.3 is 15.0 Å². The van der Waals surface area contributed by atoms with Gasteiger partial charge in [0.15, 0.2) is 5.11 Å². The van der Waals surface area contributed by atoms with Crippen molar-refractivity contribution in [2.24, 2.45) is 0 Å². The zero-order valence-corrected chi connectivity index (χ0v) is 20.4. The maximum atomic E-state index is 12.7. The van der Waals surface area contributed by atoms with Crippen molar-refractivity contribution in [3.05, 3.63) is 89.5 Å². The van der Waals surface area contributed by atoms with Crippen molar-refractivity contribution in [2.75, 3.05) is 43.5 Å². The van der Waals surface area contributed by atoms with E-state index in [2.05, 4.69) is 62.9 Å². The zero-order valence-electron chi connectivity index (χ0n) is 19.6. The Balaban J connectivity index is 1.28. The third-order valence-electron chi connectivity index (χ3n) is 6.00. The number of benzene rings is 3. The number of aryl methyl sites for hydroxylation is 1. The van der Waals surface area contributed by atoms with Crippen LogP contribution in [0.1, 0.15) is 21.5 Å². The highest BCUT2D eigenvalue weighted by molar-refractivity contribution is 7.80. The van der Waals surface area contributed by atoms with E-state index < -0.39 is 0 Å². The number of methoxy groups -OCH3 is 1. The lowest BCUT2D eigenvalue weighted by Gasteiger charge is -2.36. The van der Waals surface area contributed by atoms with Crippen LogP contribution in [0.5, 0.6) is 5.75 Å². The summed E-state index contributed by atoms with van der Waals surface area (Å²) >= 11 is 5.35. The summed E-state index contributed by atoms with van der Waals surface area (Å²) in [6.45, 7) is 6.95. The largest absolute Gasteiger partial charge is 0.496 e. The first-order valence-corrected chi connectivity index (χ1v) is 11.8. The second kappa shape index (κ2) is 11.1. The van der Waals surface area contributed by atoms with Crippen LogP contribution < -0.4 is 20.3 Å². The molecule has 0 unspecified atom stereocenters. The van der Waals surface area contributed by atoms with Gasteiger partial charge in [0.05, 0.1) is 12.7 Å². The van der Waals surface area contributed by atoms with E-state index in [9.17, 15) is 4.79 Å². The summed E-state index contributed by atoms with van der Waals surface area (Å²) in [6.07, 6.45) is 0. The van der Waals surface area contributed by atoms with Crippen molar-refractivity contribution in [3.63, 3.8) is 0 Å². The predicted molar refractivity (Wildman–Crippen MR) is 142 cm³/mol. The van der Waals surface area contributed by atoms with Gasteiger partial charge >= 0.3 is 0 Å². The third kappa shape index (κ3) is 5.92. The molecule has 3 aromatic rings. The van der Waals surface area contributed by atoms with Gasteiger partial charge in [-0.15, -0.1) is 0 Å². The van der Waals surface area contributed by atoms with E-state index in [1.165, 1.54) is 11.3 Å². The van der Waals surface area contributed by atoms with E-state index in [1.807, 2.05) is 31.2 Å². The summed E-state index contributed by atoms with van der Waals surface area (Å²) in [7, 11) is 1.56. The Hall–Kier alpha value is -3.42. The highest BCUT2D eigenvalue weighted by Crippen LogP contribution is 2.23. The molecule has 3 aromatic carbocycles. The van der Waals surface area contributed by atoms with Crippen molar-refractivity contribution in [1.29, 1.82) is 0 Å². The van der Waals surface area contributed by atoms with Crippen LogP contribution in [0, 0.1) is 6.92 Å². The van der Waals surface area contributed by atoms with E-state index in [0.717, 1.165) is 44.0 Å². The zero-order chi connectivity index (χ0) is 23.9. The average Bonchev–Trinajstić information content (AvgIpc) is 2.85. The predicted octanol–water partition coefficient (Wildman–Crippen LogP) is 4.45. The van der Waals surface area contributed by atoms with Gasteiger partial charge in [-0.25, -0.2) is 0 Å². The molecule has 2 N–H and O–H groups in total. The Kier molecular flexibility index (Phi) is 7.77. The summed E-state index contributed by atoms with van der Waals surface area (Å²) in [5.41, 5.74) is 4.71. The first-order chi connectivity index (χ1) is 16.5. The summed E-state index contributed by atoms with van der Waals surface area (Å²) in [5, 5.41) is 6.07. The molecule has 1 amide bonds. The Morgan fingerprint density at radius 2 is 1.65 bits per heavy atom. The third-order valence-corrected chi connectivity index (χ3v) is 6.20. The molecule has 0 aliphatic carbocycles. The van der Waals surface area contributed by atoms with Crippen LogP contribution in [0.4, 0.5) is 11.4 Å². The van der Waals surface area contributed by atoms with Crippen LogP contribution in [0.25, 0.3) is 0 Å². The topological polar surface area (TPSA) is 56.8 Å². The molecule has 0 saturated carbocycles. The summed E-state index contributed by atoms with van der Waals surface area (Å²) < 4.78 is 5.37. The second-order valence-electron chi connectivity index (χ2n) is 8.36. The SMILES string of the molecule is COc1c(C)cccc1C(=O)NC(=S)Nc1ccc(N2CCN(Cc3ccccc3)CC2)cc1. The number of anilines is 2. The monoisotopic (exact) mass is 474 g/mol. The van der Waals surface area contributed by atoms with Crippen LogP contribution in [0.3, 0.4) is 0 Å². The molecule has 1 aliphatic heterocycles. The maximum absolute atomic E-state index is 12.7. The Bertz CT molecular complexity index is 1130. The van der Waals surface area contributed by atoms with Crippen LogP contribution in [0.2, 0.25) is 0 Å². The molecule has 34 heavy (non-hydrogen) atoms. The van der Waals surface area contributed by atoms with Gasteiger partial charge in [0.2, 0.25) is 0 Å². The highest BCUT2D eigenvalue weighted by Gasteiger charge is 2.18. The number of piperazine rings is 1. The quantitative estimate of drug-likeness (QED) is 0.515. The number of hydrogen-bond donors (Lipinski definition) is 2. The number of nitrogens with one attached hydrogen (secondary N) is 2. The van der Waals surface area contributed by atoms with Crippen molar-refractivity contribution in [1.82, 2.24) is 10.2 Å². The fraction of sp³-hybridized carbons (Fsp3) is 0.259. The standard InChI is InChI=1S/C27H30N4O2S/c1-20-7-6-10-24(25(20)33-2)26(32)29-27(34)28-22-11-13-23(14-12-22)31-17-15-30(16-18-31)19-21-8-4-3-5-9-21/h3-14H,15-19H2,1-2H3,(H2,28,29,32,34). The van der Waals surface area contributed by atoms with Crippen LogP contribution in [0.15, 0.2) is 72.8 Å². The number of ether oxygens (including phenoxy) is 1. The molecule has 1 heterocycles. The number of hydrogen-bond acceptors (Lipinski definition) is 5. The molecular formula is C27H30N4O2S. The van der Waals surface area contributed by atoms with E-state index in [0.29, 0.717) is 11.3 Å². The van der Waals surface area contributed by atoms with Gasteiger partial charge in [-0.3, -0.25) is 15.0 Å². The molecule has 1 fully saturated rings. The molecule has 0 atom stereocenters. The van der Waals surface area contributed by atoms with Crippen LogP contribution >= 0.6 is 12.2 Å². The Labute approximate surface area is 206 Å². The molecule has 0 aromatic heterocycles. The van der Waals surface area contributed by atoms with E-state index in [4.69, 9.17) is 17.0 Å². The molecule has 0 bridgehead atoms. The van der Waals surface area contributed by atoms with Gasteiger partial charge in [-0.1, -0.05) is 42.5 Å². The van der Waals surface area contributed by atoms with Crippen molar-refractivity contribution in [2.45, 2.75) is 13.5 Å². The fourth-order valence-corrected chi connectivity index (χ4v) is 4.41. The van der Waals surface area contributed by atoms with E-state index in [-0.39, 0.29) is 11.0 Å². The number of thiocarbonyl (C=S) groups is 1. The summed E-state index contributed by atoms with van der Waals surface area (Å²) in [4.78, 5) is 17.5. The minimum atomic E-state index is -0.303. The Morgan fingerprint density at radius 3 is 2.32 bits per heavy atom. The average molecular weight is 475 g/mol. The number of carbonyl (C=O) groups excluding carboxylic acids is 1. The van der Waals surface area contributed by atoms with Gasteiger partial charge in [-0.2, -0.15) is 0 Å². The first kappa shape index (κ1) is 23.7. The molecule has 0 spiro atoms. The minimum Gasteiger partial charge on any atom is -0.496 e. The van der Waals surface area contributed by atoms with Crippen molar-refractivity contribution < 1.29 is 9.53 Å². The molecule has 7 heteroatoms. The molecule has 6 nitrogen and oxygen atoms in total. The molecular weight excluding hydrogens is 444 g/mol. The summed E-state index contributed by atoms with van der Waals surface area (Å²) in [5.74, 6) is 0.249. The maximum Gasteiger partial charge on any atom is 0.261 e. The summed E-state index contributed by atoms with van der Waals surface area (Å²) in [6, 6.07) is 24.2. The van der Waals surface area contributed by atoms with Crippen molar-refractivity contribution in [3.8, 4) is 5.75 Å². The number of amides is 1. The molecule has 0 radical (unpaired) electrons. The van der Waals surface area contributed by atoms with Gasteiger partial charge in [0.25, 0.3) is 5.91 Å². The number of rotatable bonds is 6. The first-order valence-electron chi connectivity index (χ1n) is 11.4. The highest BCUT2D eigenvalue weighted by atomic mass is 32.1. The lowest BCUT2D eigenvalue weighted by atomic mass is 10.1. The minimum absolute atomic E-state index is 0.246. The van der Waals surface area contributed by atoms with Gasteiger partial charge in [0.1, 0.15) is 5.75 Å². The van der Waals surface area contributed by atoms with E-state index in [1.54, 1.807) is 13.2 Å². The van der Waals surface area contributed by atoms with Crippen LogP contribution in [-0.2, 0) is 6.54 Å². The Morgan fingerprint density at radius 1 is 0.941 bits per heavy atom. The smallest absolute Gasteiger partial charge is 0.261 e. The molecule has 4 rings (SSSR count). The normalized spacial score (nSPS) is 13.9.